The fourth-order valence-electron chi connectivity index (χ4n) is 3.20. The second-order valence-corrected chi connectivity index (χ2v) is 6.42. The molecule has 0 saturated carbocycles. The number of carbonyl (C=O) groups excluding carboxylic acids is 1. The van der Waals surface area contributed by atoms with E-state index in [0.29, 0.717) is 19.0 Å². The van der Waals surface area contributed by atoms with E-state index in [-0.39, 0.29) is 11.9 Å². The maximum Gasteiger partial charge on any atom is 0.220 e. The van der Waals surface area contributed by atoms with Crippen molar-refractivity contribution < 1.29 is 13.9 Å². The SMILES string of the molecule is CC(=O)N(Cc1ncc(C)o1)[C@@H]1CCN(CCOc2ccccc2)C1. The number of ether oxygens (including phenoxy) is 1. The monoisotopic (exact) mass is 343 g/mol. The van der Waals surface area contributed by atoms with E-state index in [9.17, 15) is 4.79 Å². The third-order valence-electron chi connectivity index (χ3n) is 4.49. The quantitative estimate of drug-likeness (QED) is 0.773. The normalized spacial score (nSPS) is 17.6. The molecule has 0 bridgehead atoms. The molecule has 2 aromatic rings. The van der Waals surface area contributed by atoms with Crippen LogP contribution < -0.4 is 4.74 Å². The lowest BCUT2D eigenvalue weighted by Crippen LogP contribution is -2.40. The van der Waals surface area contributed by atoms with Gasteiger partial charge in [-0.05, 0) is 25.5 Å². The predicted molar refractivity (Wildman–Crippen MR) is 94.2 cm³/mol. The minimum atomic E-state index is 0.0586. The van der Waals surface area contributed by atoms with E-state index in [2.05, 4.69) is 9.88 Å². The van der Waals surface area contributed by atoms with Crippen molar-refractivity contribution in [1.82, 2.24) is 14.8 Å². The van der Waals surface area contributed by atoms with Gasteiger partial charge in [-0.3, -0.25) is 9.69 Å². The summed E-state index contributed by atoms with van der Waals surface area (Å²) < 4.78 is 11.3. The van der Waals surface area contributed by atoms with E-state index in [1.165, 1.54) is 0 Å². The van der Waals surface area contributed by atoms with Gasteiger partial charge in [-0.1, -0.05) is 18.2 Å². The predicted octanol–water partition coefficient (Wildman–Crippen LogP) is 2.48. The minimum absolute atomic E-state index is 0.0586. The number of carbonyl (C=O) groups is 1. The van der Waals surface area contributed by atoms with E-state index in [0.717, 1.165) is 37.6 Å². The lowest BCUT2D eigenvalue weighted by Gasteiger charge is -2.27. The van der Waals surface area contributed by atoms with Gasteiger partial charge in [-0.15, -0.1) is 0 Å². The Hall–Kier alpha value is -2.34. The molecule has 1 atom stereocenters. The first-order valence-electron chi connectivity index (χ1n) is 8.70. The highest BCUT2D eigenvalue weighted by molar-refractivity contribution is 5.73. The lowest BCUT2D eigenvalue weighted by molar-refractivity contribution is -0.132. The summed E-state index contributed by atoms with van der Waals surface area (Å²) in [6.07, 6.45) is 2.65. The summed E-state index contributed by atoms with van der Waals surface area (Å²) in [7, 11) is 0. The zero-order valence-corrected chi connectivity index (χ0v) is 14.9. The van der Waals surface area contributed by atoms with Crippen molar-refractivity contribution in [3.05, 3.63) is 48.2 Å². The van der Waals surface area contributed by atoms with Crippen LogP contribution in [-0.4, -0.2) is 53.0 Å². The maximum absolute atomic E-state index is 12.1. The highest BCUT2D eigenvalue weighted by atomic mass is 16.5. The molecule has 1 fully saturated rings. The number of oxazole rings is 1. The molecule has 134 valence electrons. The highest BCUT2D eigenvalue weighted by Crippen LogP contribution is 2.19. The van der Waals surface area contributed by atoms with Crippen LogP contribution in [0.2, 0.25) is 0 Å². The minimum Gasteiger partial charge on any atom is -0.492 e. The molecule has 1 amide bonds. The number of hydrogen-bond donors (Lipinski definition) is 0. The molecule has 6 heteroatoms. The Morgan fingerprint density at radius 3 is 2.88 bits per heavy atom. The van der Waals surface area contributed by atoms with Crippen molar-refractivity contribution in [2.75, 3.05) is 26.2 Å². The van der Waals surface area contributed by atoms with Crippen LogP contribution in [0.25, 0.3) is 0 Å². The number of amides is 1. The first-order valence-corrected chi connectivity index (χ1v) is 8.70. The van der Waals surface area contributed by atoms with Crippen molar-refractivity contribution in [1.29, 1.82) is 0 Å². The van der Waals surface area contributed by atoms with Gasteiger partial charge in [0.1, 0.15) is 18.1 Å². The van der Waals surface area contributed by atoms with Crippen LogP contribution in [0, 0.1) is 6.92 Å². The molecule has 2 heterocycles. The van der Waals surface area contributed by atoms with Crippen molar-refractivity contribution in [3.8, 4) is 5.75 Å². The van der Waals surface area contributed by atoms with Crippen molar-refractivity contribution in [2.45, 2.75) is 32.9 Å². The second-order valence-electron chi connectivity index (χ2n) is 6.42. The zero-order chi connectivity index (χ0) is 17.6. The summed E-state index contributed by atoms with van der Waals surface area (Å²) in [6, 6.07) is 10.0. The second kappa shape index (κ2) is 8.16. The van der Waals surface area contributed by atoms with Crippen molar-refractivity contribution in [3.63, 3.8) is 0 Å². The van der Waals surface area contributed by atoms with E-state index in [1.807, 2.05) is 42.2 Å². The van der Waals surface area contributed by atoms with Crippen LogP contribution in [0.3, 0.4) is 0 Å². The van der Waals surface area contributed by atoms with Gasteiger partial charge in [0.25, 0.3) is 0 Å². The number of hydrogen-bond acceptors (Lipinski definition) is 5. The first kappa shape index (κ1) is 17.5. The fourth-order valence-corrected chi connectivity index (χ4v) is 3.20. The Kier molecular flexibility index (Phi) is 5.71. The number of aromatic nitrogens is 1. The van der Waals surface area contributed by atoms with Gasteiger partial charge in [-0.25, -0.2) is 4.98 Å². The van der Waals surface area contributed by atoms with Crippen LogP contribution in [0.5, 0.6) is 5.75 Å². The van der Waals surface area contributed by atoms with Crippen molar-refractivity contribution >= 4 is 5.91 Å². The molecule has 1 aromatic heterocycles. The van der Waals surface area contributed by atoms with Crippen LogP contribution in [0.4, 0.5) is 0 Å². The molecule has 0 aliphatic carbocycles. The molecule has 25 heavy (non-hydrogen) atoms. The van der Waals surface area contributed by atoms with Crippen LogP contribution in [-0.2, 0) is 11.3 Å². The molecule has 0 spiro atoms. The van der Waals surface area contributed by atoms with E-state index in [1.54, 1.807) is 13.1 Å². The van der Waals surface area contributed by atoms with Gasteiger partial charge < -0.3 is 14.1 Å². The molecular weight excluding hydrogens is 318 g/mol. The lowest BCUT2D eigenvalue weighted by atomic mass is 10.2. The molecule has 0 radical (unpaired) electrons. The van der Waals surface area contributed by atoms with Gasteiger partial charge in [0.2, 0.25) is 11.8 Å². The average molecular weight is 343 g/mol. The molecule has 1 saturated heterocycles. The maximum atomic E-state index is 12.1. The summed E-state index contributed by atoms with van der Waals surface area (Å²) in [6.45, 7) is 7.23. The summed E-state index contributed by atoms with van der Waals surface area (Å²) >= 11 is 0. The van der Waals surface area contributed by atoms with E-state index < -0.39 is 0 Å². The Bertz CT molecular complexity index is 686. The topological polar surface area (TPSA) is 58.8 Å². The van der Waals surface area contributed by atoms with E-state index in [4.69, 9.17) is 9.15 Å². The molecular formula is C19H25N3O3. The summed E-state index contributed by atoms with van der Waals surface area (Å²) in [5, 5.41) is 0. The van der Waals surface area contributed by atoms with Gasteiger partial charge in [-0.2, -0.15) is 0 Å². The Balaban J connectivity index is 1.48. The molecule has 3 rings (SSSR count). The molecule has 0 unspecified atom stereocenters. The largest absolute Gasteiger partial charge is 0.492 e. The number of likely N-dealkylation sites (tertiary alicyclic amines) is 1. The molecule has 1 aliphatic rings. The summed E-state index contributed by atoms with van der Waals surface area (Å²) in [5.41, 5.74) is 0. The number of benzene rings is 1. The number of nitrogens with zero attached hydrogens (tertiary/aromatic N) is 3. The van der Waals surface area contributed by atoms with Gasteiger partial charge in [0.15, 0.2) is 0 Å². The van der Waals surface area contributed by atoms with Crippen LogP contribution in [0.1, 0.15) is 25.0 Å². The van der Waals surface area contributed by atoms with Crippen LogP contribution in [0.15, 0.2) is 40.9 Å². The highest BCUT2D eigenvalue weighted by Gasteiger charge is 2.30. The number of aryl methyl sites for hydroxylation is 1. The Labute approximate surface area is 148 Å². The van der Waals surface area contributed by atoms with Crippen LogP contribution >= 0.6 is 0 Å². The summed E-state index contributed by atoms with van der Waals surface area (Å²) in [4.78, 5) is 20.5. The smallest absolute Gasteiger partial charge is 0.220 e. The Morgan fingerprint density at radius 2 is 2.20 bits per heavy atom. The van der Waals surface area contributed by atoms with Gasteiger partial charge in [0, 0.05) is 32.6 Å². The third-order valence-corrected chi connectivity index (χ3v) is 4.49. The number of para-hydroxylation sites is 1. The third kappa shape index (κ3) is 4.82. The molecule has 1 aliphatic heterocycles. The zero-order valence-electron chi connectivity index (χ0n) is 14.9. The van der Waals surface area contributed by atoms with E-state index >= 15 is 0 Å². The Morgan fingerprint density at radius 1 is 1.40 bits per heavy atom. The van der Waals surface area contributed by atoms with Crippen molar-refractivity contribution in [2.24, 2.45) is 0 Å². The fraction of sp³-hybridized carbons (Fsp3) is 0.474. The van der Waals surface area contributed by atoms with Gasteiger partial charge >= 0.3 is 0 Å². The summed E-state index contributed by atoms with van der Waals surface area (Å²) in [5.74, 6) is 2.31. The average Bonchev–Trinajstić information content (AvgIpc) is 3.22. The van der Waals surface area contributed by atoms with Gasteiger partial charge in [0.05, 0.1) is 12.7 Å². The molecule has 0 N–H and O–H groups in total. The first-order chi connectivity index (χ1) is 12.1. The molecule has 1 aromatic carbocycles. The molecule has 6 nitrogen and oxygen atoms in total. The number of rotatable bonds is 7. The standard InChI is InChI=1S/C19H25N3O3/c1-15-12-20-19(25-15)14-22(16(2)23)17-8-9-21(13-17)10-11-24-18-6-4-3-5-7-18/h3-7,12,17H,8-11,13-14H2,1-2H3/t17-/m1/s1.